The molecule has 0 spiro atoms. The highest BCUT2D eigenvalue weighted by Crippen LogP contribution is 2.35. The van der Waals surface area contributed by atoms with E-state index in [4.69, 9.17) is 0 Å². The zero-order valence-corrected chi connectivity index (χ0v) is 17.2. The Kier molecular flexibility index (Phi) is 6.54. The highest BCUT2D eigenvalue weighted by Gasteiger charge is 2.35. The number of hydrogen-bond donors (Lipinski definition) is 0. The second-order valence-electron chi connectivity index (χ2n) is 6.72. The van der Waals surface area contributed by atoms with Crippen LogP contribution in [-0.4, -0.2) is 45.8 Å². The second kappa shape index (κ2) is 8.87. The Morgan fingerprint density at radius 3 is 2.38 bits per heavy atom. The van der Waals surface area contributed by atoms with E-state index in [1.165, 1.54) is 36.4 Å². The van der Waals surface area contributed by atoms with Gasteiger partial charge in [0.2, 0.25) is 0 Å². The molecule has 2 bridgehead atoms. The van der Waals surface area contributed by atoms with Crippen molar-refractivity contribution in [1.82, 2.24) is 19.9 Å². The van der Waals surface area contributed by atoms with Crippen LogP contribution < -0.4 is 0 Å². The summed E-state index contributed by atoms with van der Waals surface area (Å²) in [5.41, 5.74) is 3.38. The second-order valence-corrected chi connectivity index (χ2v) is 7.57. The number of allylic oxidation sites excluding steroid dienone is 1. The van der Waals surface area contributed by atoms with Crippen molar-refractivity contribution in [2.45, 2.75) is 39.7 Å². The number of fused-ring (bicyclic) bond motifs is 3. The molecule has 0 N–H and O–H groups in total. The van der Waals surface area contributed by atoms with Crippen LogP contribution in [0, 0.1) is 5.92 Å². The average Bonchev–Trinajstić information content (AvgIpc) is 3.22. The normalized spacial score (nSPS) is 24.9. The van der Waals surface area contributed by atoms with Gasteiger partial charge in [-0.05, 0) is 50.6 Å². The zero-order valence-electron chi connectivity index (χ0n) is 16.4. The first-order valence-electron chi connectivity index (χ1n) is 9.74. The van der Waals surface area contributed by atoms with Gasteiger partial charge in [0.25, 0.3) is 0 Å². The molecule has 1 aromatic heterocycles. The van der Waals surface area contributed by atoms with E-state index >= 15 is 0 Å². The third kappa shape index (κ3) is 3.89. The maximum absolute atomic E-state index is 4.45. The molecule has 26 heavy (non-hydrogen) atoms. The molecule has 4 heterocycles. The van der Waals surface area contributed by atoms with Crippen LogP contribution in [0.5, 0.6) is 0 Å². The lowest BCUT2D eigenvalue weighted by atomic mass is 9.84. The van der Waals surface area contributed by atoms with Crippen LogP contribution in [0.25, 0.3) is 16.2 Å². The number of piperidine rings is 3. The van der Waals surface area contributed by atoms with E-state index in [1.807, 2.05) is 13.8 Å². The summed E-state index contributed by atoms with van der Waals surface area (Å²) in [4.78, 5) is 3.86. The van der Waals surface area contributed by atoms with E-state index in [0.717, 1.165) is 23.7 Å². The van der Waals surface area contributed by atoms with Gasteiger partial charge in [0.15, 0.2) is 0 Å². The fourth-order valence-corrected chi connectivity index (χ4v) is 4.62. The van der Waals surface area contributed by atoms with Crippen LogP contribution >= 0.6 is 11.8 Å². The average molecular weight is 371 g/mol. The molecule has 5 heteroatoms. The van der Waals surface area contributed by atoms with Crippen LogP contribution in [0.3, 0.4) is 0 Å². The quantitative estimate of drug-likeness (QED) is 0.761. The van der Waals surface area contributed by atoms with E-state index in [-0.39, 0.29) is 0 Å². The summed E-state index contributed by atoms with van der Waals surface area (Å²) in [5, 5.41) is 8.88. The van der Waals surface area contributed by atoms with Crippen molar-refractivity contribution in [3.05, 3.63) is 42.1 Å². The number of nitrogens with zero attached hydrogens (tertiary/aromatic N) is 4. The molecule has 0 amide bonds. The molecule has 1 atom stereocenters. The van der Waals surface area contributed by atoms with Gasteiger partial charge in [-0.25, -0.2) is 4.68 Å². The van der Waals surface area contributed by atoms with Gasteiger partial charge in [-0.15, -0.1) is 16.9 Å². The number of aromatic nitrogens is 3. The molecular weight excluding hydrogens is 340 g/mol. The van der Waals surface area contributed by atoms with E-state index in [1.54, 1.807) is 11.8 Å². The molecule has 140 valence electrons. The van der Waals surface area contributed by atoms with Crippen molar-refractivity contribution >= 4 is 16.7 Å². The van der Waals surface area contributed by atoms with Gasteiger partial charge in [-0.3, -0.25) is 0 Å². The molecule has 4 nitrogen and oxygen atoms in total. The van der Waals surface area contributed by atoms with Crippen molar-refractivity contribution in [2.75, 3.05) is 25.9 Å². The molecule has 0 aliphatic carbocycles. The first-order valence-corrected chi connectivity index (χ1v) is 11.0. The molecule has 0 saturated carbocycles. The minimum Gasteiger partial charge on any atom is -0.301 e. The standard InChI is InChI=1S/C19H24N4S.C2H6/c1-3-19(24-2)16-6-4-14(5-7-16)17-12-23(21-20-17)18-13-22-10-8-15(18)9-11-22;1-2/h3-7,12,15,18H,8-11,13H2,1-2H3;1-2H3/b19-3-;/t18-;/m0./s1. The maximum atomic E-state index is 4.45. The summed E-state index contributed by atoms with van der Waals surface area (Å²) in [6, 6.07) is 9.15. The predicted molar refractivity (Wildman–Crippen MR) is 112 cm³/mol. The summed E-state index contributed by atoms with van der Waals surface area (Å²) >= 11 is 1.78. The number of rotatable bonds is 4. The molecule has 3 aliphatic heterocycles. The summed E-state index contributed by atoms with van der Waals surface area (Å²) in [5.74, 6) is 0.769. The Hall–Kier alpha value is -1.59. The molecule has 5 rings (SSSR count). The third-order valence-corrected chi connectivity index (χ3v) is 6.33. The van der Waals surface area contributed by atoms with E-state index in [0.29, 0.717) is 6.04 Å². The van der Waals surface area contributed by atoms with Gasteiger partial charge in [0, 0.05) is 17.0 Å². The zero-order chi connectivity index (χ0) is 18.5. The SMILES string of the molecule is C/C=C(\SC)c1ccc(-c2cn([C@H]3CN4CCC3CC4)nn2)cc1.CC. The van der Waals surface area contributed by atoms with Gasteiger partial charge >= 0.3 is 0 Å². The predicted octanol–water partition coefficient (Wildman–Crippen LogP) is 4.96. The summed E-state index contributed by atoms with van der Waals surface area (Å²) in [7, 11) is 0. The van der Waals surface area contributed by atoms with E-state index in [9.17, 15) is 0 Å². The summed E-state index contributed by atoms with van der Waals surface area (Å²) in [6.45, 7) is 9.73. The van der Waals surface area contributed by atoms with E-state index in [2.05, 4.69) is 69.6 Å². The number of benzene rings is 1. The van der Waals surface area contributed by atoms with Crippen LogP contribution in [0.2, 0.25) is 0 Å². The maximum Gasteiger partial charge on any atom is 0.113 e. The molecule has 2 aromatic rings. The summed E-state index contributed by atoms with van der Waals surface area (Å²) < 4.78 is 2.11. The highest BCUT2D eigenvalue weighted by molar-refractivity contribution is 8.07. The molecule has 0 unspecified atom stereocenters. The largest absolute Gasteiger partial charge is 0.301 e. The van der Waals surface area contributed by atoms with Crippen molar-refractivity contribution in [3.63, 3.8) is 0 Å². The molecular formula is C21H30N4S. The van der Waals surface area contributed by atoms with Crippen LogP contribution in [0.4, 0.5) is 0 Å². The smallest absolute Gasteiger partial charge is 0.113 e. The van der Waals surface area contributed by atoms with Crippen molar-refractivity contribution < 1.29 is 0 Å². The minimum atomic E-state index is 0.499. The van der Waals surface area contributed by atoms with Gasteiger partial charge in [0.1, 0.15) is 5.69 Å². The van der Waals surface area contributed by atoms with Gasteiger partial charge in [-0.2, -0.15) is 0 Å². The topological polar surface area (TPSA) is 34.0 Å². The van der Waals surface area contributed by atoms with Crippen LogP contribution in [0.15, 0.2) is 36.5 Å². The first-order chi connectivity index (χ1) is 12.8. The van der Waals surface area contributed by atoms with Crippen LogP contribution in [0.1, 0.15) is 45.2 Å². The van der Waals surface area contributed by atoms with Crippen LogP contribution in [-0.2, 0) is 0 Å². The molecule has 3 aliphatic rings. The fourth-order valence-electron chi connectivity index (χ4n) is 4.01. The summed E-state index contributed by atoms with van der Waals surface area (Å²) in [6.07, 6.45) is 9.00. The number of thioether (sulfide) groups is 1. The van der Waals surface area contributed by atoms with Crippen molar-refractivity contribution in [3.8, 4) is 11.3 Å². The van der Waals surface area contributed by atoms with Gasteiger partial charge < -0.3 is 4.90 Å². The Balaban J connectivity index is 0.000000948. The lowest BCUT2D eigenvalue weighted by molar-refractivity contribution is 0.0504. The van der Waals surface area contributed by atoms with E-state index < -0.39 is 0 Å². The molecule has 3 fully saturated rings. The fraction of sp³-hybridized carbons (Fsp3) is 0.524. The molecule has 1 aromatic carbocycles. The monoisotopic (exact) mass is 370 g/mol. The number of hydrogen-bond acceptors (Lipinski definition) is 4. The Labute approximate surface area is 161 Å². The van der Waals surface area contributed by atoms with Crippen molar-refractivity contribution in [2.24, 2.45) is 5.92 Å². The van der Waals surface area contributed by atoms with Gasteiger partial charge in [0.05, 0.1) is 12.2 Å². The Morgan fingerprint density at radius 2 is 1.85 bits per heavy atom. The van der Waals surface area contributed by atoms with Crippen molar-refractivity contribution in [1.29, 1.82) is 0 Å². The third-order valence-electron chi connectivity index (χ3n) is 5.42. The molecule has 0 radical (unpaired) electrons. The molecule has 3 saturated heterocycles. The lowest BCUT2D eigenvalue weighted by Gasteiger charge is -2.44. The Bertz CT molecular complexity index is 727. The first kappa shape index (κ1) is 19.2. The highest BCUT2D eigenvalue weighted by atomic mass is 32.2. The lowest BCUT2D eigenvalue weighted by Crippen LogP contribution is -2.48. The van der Waals surface area contributed by atoms with Gasteiger partial charge in [-0.1, -0.05) is 49.4 Å². The Morgan fingerprint density at radius 1 is 1.15 bits per heavy atom. The minimum absolute atomic E-state index is 0.499.